The molecule has 474 valence electrons. The van der Waals surface area contributed by atoms with Crippen molar-refractivity contribution >= 4 is 53.2 Å². The number of benzene rings is 7. The number of thioether (sulfide) groups is 3. The van der Waals surface area contributed by atoms with Gasteiger partial charge in [0.15, 0.2) is 0 Å². The van der Waals surface area contributed by atoms with E-state index >= 15 is 0 Å². The first-order valence-corrected chi connectivity index (χ1v) is 33.7. The van der Waals surface area contributed by atoms with Crippen LogP contribution in [0, 0.1) is 41.5 Å². The zero-order valence-corrected chi connectivity index (χ0v) is 55.1. The molecule has 0 amide bonds. The number of phenols is 6. The van der Waals surface area contributed by atoms with Crippen LogP contribution in [0.25, 0.3) is 0 Å². The van der Waals surface area contributed by atoms with Gasteiger partial charge in [0.05, 0.1) is 21.3 Å². The number of rotatable bonds is 3. The van der Waals surface area contributed by atoms with Crippen molar-refractivity contribution in [3.05, 3.63) is 208 Å². The van der Waals surface area contributed by atoms with E-state index in [1.54, 1.807) is 35.3 Å². The van der Waals surface area contributed by atoms with E-state index in [9.17, 15) is 45.0 Å². The molecule has 18 heteroatoms. The quantitative estimate of drug-likeness (QED) is 0.0718. The normalized spacial score (nSPS) is 20.1. The van der Waals surface area contributed by atoms with E-state index < -0.39 is 36.0 Å². The Labute approximate surface area is 540 Å². The third-order valence-corrected chi connectivity index (χ3v) is 20.6. The second-order valence-corrected chi connectivity index (χ2v) is 27.7. The van der Waals surface area contributed by atoms with E-state index in [0.717, 1.165) is 50.1 Å². The smallest absolute Gasteiger partial charge is 0.323 e. The highest BCUT2D eigenvalue weighted by Gasteiger charge is 2.34. The number of aryl methyl sites for hydroxylation is 6. The topological polar surface area (TPSA) is 210 Å². The molecule has 0 spiro atoms. The first-order valence-electron chi connectivity index (χ1n) is 30.2. The molecule has 3 aliphatic heterocycles. The van der Waals surface area contributed by atoms with Crippen LogP contribution < -0.4 is 0 Å². The number of esters is 3. The maximum atomic E-state index is 14.5. The number of hydrogen-bond donors (Lipinski definition) is 6. The SMILES string of the molecule is COC(=O)[C@@H]1CSCc2cc3cc(c2)CSC[C@@H](C(=O)OC)N2Cc4cc(C)cc(c4O)Cc4cc(C)cc(c4O)CN1Cc1cc(C)cc(c1O)Cc1cc(C)cc(c1O)CN(Cc1cc(C)cc(c1O)Cc1cc(C)cc(c1O)C2)[C@H](C(=O)OC)CSC3. The molecule has 10 rings (SSSR count). The number of carbonyl (C=O) groups excluding carboxylic acids is 3. The van der Waals surface area contributed by atoms with E-state index in [2.05, 4.69) is 18.2 Å². The van der Waals surface area contributed by atoms with Crippen molar-refractivity contribution in [3.63, 3.8) is 0 Å². The average molecular weight is 1280 g/mol. The Kier molecular flexibility index (Phi) is 20.8. The van der Waals surface area contributed by atoms with Crippen molar-refractivity contribution in [2.75, 3.05) is 38.6 Å². The molecule has 0 aromatic heterocycles. The second-order valence-electron chi connectivity index (χ2n) is 24.7. The van der Waals surface area contributed by atoms with E-state index in [4.69, 9.17) is 14.2 Å². The summed E-state index contributed by atoms with van der Waals surface area (Å²) in [5.74, 6) is 0.508. The molecule has 0 unspecified atom stereocenters. The summed E-state index contributed by atoms with van der Waals surface area (Å²) in [6.45, 7) is 11.9. The van der Waals surface area contributed by atoms with Crippen LogP contribution in [0.1, 0.15) is 117 Å². The molecule has 3 heterocycles. The van der Waals surface area contributed by atoms with Crippen LogP contribution in [0.4, 0.5) is 0 Å². The molecule has 3 atom stereocenters. The summed E-state index contributed by atoms with van der Waals surface area (Å²) in [6.07, 6.45) is 0.336. The largest absolute Gasteiger partial charge is 0.507 e. The minimum atomic E-state index is -0.894. The Bertz CT molecular complexity index is 3310. The van der Waals surface area contributed by atoms with Crippen LogP contribution in [-0.2, 0) is 104 Å². The molecular formula is C72H81N3O12S3. The number of fused-ring (bicyclic) bond motifs is 24. The first kappa shape index (κ1) is 65.6. The Morgan fingerprint density at radius 1 is 0.322 bits per heavy atom. The molecular weight excluding hydrogens is 1200 g/mol. The number of nitrogens with zero attached hydrogens (tertiary/aromatic N) is 3. The Morgan fingerprint density at radius 2 is 0.500 bits per heavy atom. The fraction of sp³-hybridized carbons (Fsp3) is 0.375. The van der Waals surface area contributed by atoms with Crippen molar-refractivity contribution in [1.82, 2.24) is 14.7 Å². The van der Waals surface area contributed by atoms with E-state index in [-0.39, 0.29) is 110 Å². The maximum Gasteiger partial charge on any atom is 0.323 e. The van der Waals surface area contributed by atoms with Gasteiger partial charge < -0.3 is 44.8 Å². The summed E-state index contributed by atoms with van der Waals surface area (Å²) < 4.78 is 16.8. The first-order chi connectivity index (χ1) is 43.1. The van der Waals surface area contributed by atoms with Gasteiger partial charge in [-0.15, -0.1) is 0 Å². The minimum Gasteiger partial charge on any atom is -0.507 e. The maximum absolute atomic E-state index is 14.5. The lowest BCUT2D eigenvalue weighted by atomic mass is 9.93. The number of carbonyl (C=O) groups is 3. The summed E-state index contributed by atoms with van der Waals surface area (Å²) in [7, 11) is 4.08. The lowest BCUT2D eigenvalue weighted by molar-refractivity contribution is -0.147. The molecule has 7 aromatic rings. The van der Waals surface area contributed by atoms with Crippen molar-refractivity contribution in [3.8, 4) is 34.5 Å². The number of aromatic hydroxyl groups is 6. The van der Waals surface area contributed by atoms with Gasteiger partial charge in [0.2, 0.25) is 0 Å². The van der Waals surface area contributed by atoms with Gasteiger partial charge in [-0.25, -0.2) is 0 Å². The van der Waals surface area contributed by atoms with Gasteiger partial charge in [0.1, 0.15) is 52.6 Å². The Hall–Kier alpha value is -7.32. The van der Waals surface area contributed by atoms with Gasteiger partial charge in [0, 0.05) is 126 Å². The van der Waals surface area contributed by atoms with Gasteiger partial charge >= 0.3 is 17.9 Å². The van der Waals surface area contributed by atoms with Gasteiger partial charge in [-0.05, 0) is 91.6 Å². The number of methoxy groups -OCH3 is 3. The predicted molar refractivity (Wildman–Crippen MR) is 356 cm³/mol. The van der Waals surface area contributed by atoms with Crippen LogP contribution in [0.2, 0.25) is 0 Å². The molecule has 18 bridgehead atoms. The molecule has 0 saturated heterocycles. The lowest BCUT2D eigenvalue weighted by Gasteiger charge is -2.32. The number of hydrogen-bond acceptors (Lipinski definition) is 18. The number of phenolic OH excluding ortho intramolecular Hbond substituents is 6. The fourth-order valence-corrected chi connectivity index (χ4v) is 16.5. The van der Waals surface area contributed by atoms with Gasteiger partial charge in [-0.2, -0.15) is 35.3 Å². The summed E-state index contributed by atoms with van der Waals surface area (Å²) in [5, 5.41) is 75.5. The van der Waals surface area contributed by atoms with Crippen LogP contribution >= 0.6 is 35.3 Å². The van der Waals surface area contributed by atoms with E-state index in [0.29, 0.717) is 84.0 Å². The zero-order chi connectivity index (χ0) is 64.2. The van der Waals surface area contributed by atoms with Gasteiger partial charge in [-0.1, -0.05) is 124 Å². The van der Waals surface area contributed by atoms with Crippen LogP contribution in [-0.4, -0.2) is 120 Å². The molecule has 90 heavy (non-hydrogen) atoms. The molecule has 3 aliphatic rings. The highest BCUT2D eigenvalue weighted by molar-refractivity contribution is 7.99. The Morgan fingerprint density at radius 3 is 0.678 bits per heavy atom. The van der Waals surface area contributed by atoms with Crippen LogP contribution in [0.5, 0.6) is 34.5 Å². The molecule has 15 nitrogen and oxygen atoms in total. The van der Waals surface area contributed by atoms with Crippen molar-refractivity contribution < 1.29 is 59.2 Å². The zero-order valence-electron chi connectivity index (χ0n) is 52.7. The molecule has 0 radical (unpaired) electrons. The molecule has 0 saturated carbocycles. The highest BCUT2D eigenvalue weighted by atomic mass is 32.2. The van der Waals surface area contributed by atoms with Crippen molar-refractivity contribution in [2.24, 2.45) is 0 Å². The molecule has 0 fully saturated rings. The van der Waals surface area contributed by atoms with Crippen LogP contribution in [0.15, 0.2) is 91.0 Å². The van der Waals surface area contributed by atoms with E-state index in [1.807, 2.05) is 129 Å². The molecule has 6 N–H and O–H groups in total. The second kappa shape index (κ2) is 28.5. The predicted octanol–water partition coefficient (Wildman–Crippen LogP) is 11.9. The monoisotopic (exact) mass is 1280 g/mol. The summed E-state index contributed by atoms with van der Waals surface area (Å²) in [6, 6.07) is 26.4. The number of ether oxygens (including phenoxy) is 3. The highest BCUT2D eigenvalue weighted by Crippen LogP contribution is 2.41. The van der Waals surface area contributed by atoms with Crippen molar-refractivity contribution in [2.45, 2.75) is 135 Å². The third-order valence-electron chi connectivity index (χ3n) is 17.3. The van der Waals surface area contributed by atoms with Crippen LogP contribution in [0.3, 0.4) is 0 Å². The molecule has 0 aliphatic carbocycles. The minimum absolute atomic E-state index is 0.0248. The fourth-order valence-electron chi connectivity index (χ4n) is 13.2. The van der Waals surface area contributed by atoms with Gasteiger partial charge in [0.25, 0.3) is 0 Å². The summed E-state index contributed by atoms with van der Waals surface area (Å²) in [5.41, 5.74) is 14.1. The average Bonchev–Trinajstić information content (AvgIpc) is 0.901. The van der Waals surface area contributed by atoms with Crippen molar-refractivity contribution in [1.29, 1.82) is 0 Å². The Balaban J connectivity index is 1.26. The summed E-state index contributed by atoms with van der Waals surface area (Å²) in [4.78, 5) is 49.2. The lowest BCUT2D eigenvalue weighted by Crippen LogP contribution is -2.43. The third kappa shape index (κ3) is 15.0. The van der Waals surface area contributed by atoms with Gasteiger partial charge in [-0.3, -0.25) is 29.1 Å². The standard InChI is InChI=1S/C72H81N3O12S3/c1-40-10-49-25-50-11-41(2)17-57(65(50)77)30-74-31-58-19-44(5)14-53(68(58)80)27-54-15-45(6)21-60(69(54)81)33-75-32-59-20-43(4)13-52(67(59)79)26-51-12-42(3)18-56(66(51)78)29-73(28-55(16-40)64(49)76)61(70(82)85-7)37-88-34-46-22-47(35-89-38-62(74)71(83)86-8)24-48(23-46)36-90-39-63(75)72(84)87-9/h10-24,61-63,76-81H,25-39H2,1-9H3/t61-,62-,63-/m0/s1. The molecule has 7 aromatic carbocycles. The van der Waals surface area contributed by atoms with E-state index in [1.165, 1.54) is 21.3 Å². The summed E-state index contributed by atoms with van der Waals surface area (Å²) >= 11 is 4.64.